The van der Waals surface area contributed by atoms with Crippen LogP contribution in [-0.2, 0) is 17.8 Å². The molecule has 0 unspecified atom stereocenters. The molecule has 7 heteroatoms. The zero-order valence-electron chi connectivity index (χ0n) is 18.1. The largest absolute Gasteiger partial charge is 0.394 e. The van der Waals surface area contributed by atoms with E-state index in [9.17, 15) is 4.79 Å². The van der Waals surface area contributed by atoms with E-state index in [4.69, 9.17) is 5.21 Å². The minimum absolute atomic E-state index is 0.544. The molecule has 2 aromatic heterocycles. The van der Waals surface area contributed by atoms with Crippen LogP contribution in [0.5, 0.6) is 0 Å². The van der Waals surface area contributed by atoms with Gasteiger partial charge in [-0.3, -0.25) is 15.0 Å². The van der Waals surface area contributed by atoms with Crippen molar-refractivity contribution in [2.24, 2.45) is 0 Å². The first-order chi connectivity index (χ1) is 15.2. The maximum absolute atomic E-state index is 10.9. The highest BCUT2D eigenvalue weighted by atomic mass is 16.5. The molecular formula is C24H31N5O2. The highest BCUT2D eigenvalue weighted by Crippen LogP contribution is 2.11. The number of hydrogen-bond acceptors (Lipinski definition) is 5. The Labute approximate surface area is 183 Å². The molecule has 0 aliphatic rings. The minimum Gasteiger partial charge on any atom is -0.394 e. The fourth-order valence-corrected chi connectivity index (χ4v) is 2.77. The van der Waals surface area contributed by atoms with E-state index in [0.717, 1.165) is 42.5 Å². The molecule has 5 N–H and O–H groups in total. The number of pyridine rings is 1. The number of aromatic amines is 1. The molecule has 0 saturated heterocycles. The number of carbonyl (C=O) groups is 1. The van der Waals surface area contributed by atoms with Gasteiger partial charge in [-0.15, -0.1) is 0 Å². The number of allylic oxidation sites excluding steroid dienone is 1. The highest BCUT2D eigenvalue weighted by molar-refractivity contribution is 5.90. The van der Waals surface area contributed by atoms with Crippen molar-refractivity contribution in [1.29, 1.82) is 0 Å². The number of hydroxylamine groups is 1. The van der Waals surface area contributed by atoms with Gasteiger partial charge in [-0.1, -0.05) is 37.3 Å². The van der Waals surface area contributed by atoms with Crippen LogP contribution in [0.1, 0.15) is 30.0 Å². The van der Waals surface area contributed by atoms with E-state index in [0.29, 0.717) is 0 Å². The smallest absolute Gasteiger partial charge is 0.267 e. The third-order valence-electron chi connectivity index (χ3n) is 4.41. The van der Waals surface area contributed by atoms with E-state index in [-0.39, 0.29) is 0 Å². The van der Waals surface area contributed by atoms with Crippen LogP contribution in [0.4, 0.5) is 0 Å². The van der Waals surface area contributed by atoms with Gasteiger partial charge in [0.25, 0.3) is 5.91 Å². The molecule has 31 heavy (non-hydrogen) atoms. The Hall–Kier alpha value is -3.42. The van der Waals surface area contributed by atoms with Gasteiger partial charge in [0, 0.05) is 32.1 Å². The van der Waals surface area contributed by atoms with Gasteiger partial charge in [-0.2, -0.15) is 0 Å². The van der Waals surface area contributed by atoms with Gasteiger partial charge in [-0.25, -0.2) is 5.48 Å². The molecule has 0 fully saturated rings. The SMILES string of the molecule is CC/C=C\NC.O=C(/C=C/c1ccc(CNCCc2cnc3cc[nH]c3c2)cc1)NO. The van der Waals surface area contributed by atoms with Crippen LogP contribution in [0.25, 0.3) is 17.1 Å². The van der Waals surface area contributed by atoms with Crippen molar-refractivity contribution in [2.45, 2.75) is 26.3 Å². The van der Waals surface area contributed by atoms with Crippen molar-refractivity contribution in [2.75, 3.05) is 13.6 Å². The molecular weight excluding hydrogens is 390 g/mol. The molecule has 7 nitrogen and oxygen atoms in total. The number of H-pyrrole nitrogens is 1. The number of nitrogens with zero attached hydrogens (tertiary/aromatic N) is 1. The lowest BCUT2D eigenvalue weighted by atomic mass is 10.1. The number of carbonyl (C=O) groups excluding carboxylic acids is 1. The molecule has 2 heterocycles. The van der Waals surface area contributed by atoms with Crippen molar-refractivity contribution < 1.29 is 10.0 Å². The van der Waals surface area contributed by atoms with E-state index >= 15 is 0 Å². The Bertz CT molecular complexity index is 971. The standard InChI is InChI=1S/C19H20N4O2.C5H11N/c24-19(23-25)6-5-14-1-3-15(4-2-14)12-20-9-7-16-11-18-17(22-13-16)8-10-21-18;1-3-4-5-6-2/h1-6,8,10-11,13,20-21,25H,7,9,12H2,(H,23,24);4-6H,3H2,1-2H3/b6-5+;5-4-. The van der Waals surface area contributed by atoms with Gasteiger partial charge in [0.1, 0.15) is 0 Å². The van der Waals surface area contributed by atoms with E-state index in [1.807, 2.05) is 56.0 Å². The fraction of sp³-hybridized carbons (Fsp3) is 0.250. The molecule has 1 amide bonds. The van der Waals surface area contributed by atoms with Crippen LogP contribution in [0.3, 0.4) is 0 Å². The van der Waals surface area contributed by atoms with Crippen LogP contribution < -0.4 is 16.1 Å². The molecule has 0 saturated carbocycles. The summed E-state index contributed by atoms with van der Waals surface area (Å²) < 4.78 is 0. The monoisotopic (exact) mass is 421 g/mol. The number of fused-ring (bicyclic) bond motifs is 1. The van der Waals surface area contributed by atoms with Gasteiger partial charge in [-0.05, 0) is 60.5 Å². The van der Waals surface area contributed by atoms with Crippen molar-refractivity contribution in [3.8, 4) is 0 Å². The van der Waals surface area contributed by atoms with Crippen LogP contribution in [-0.4, -0.2) is 34.7 Å². The lowest BCUT2D eigenvalue weighted by Gasteiger charge is -2.06. The van der Waals surface area contributed by atoms with E-state index in [1.54, 1.807) is 11.6 Å². The van der Waals surface area contributed by atoms with Crippen LogP contribution >= 0.6 is 0 Å². The Morgan fingerprint density at radius 1 is 1.19 bits per heavy atom. The second-order valence-electron chi connectivity index (χ2n) is 6.83. The van der Waals surface area contributed by atoms with Gasteiger partial charge in [0.05, 0.1) is 11.0 Å². The second kappa shape index (κ2) is 13.7. The Balaban J connectivity index is 0.000000501. The third kappa shape index (κ3) is 8.86. The van der Waals surface area contributed by atoms with Crippen LogP contribution in [0, 0.1) is 0 Å². The second-order valence-corrected chi connectivity index (χ2v) is 6.83. The first-order valence-electron chi connectivity index (χ1n) is 10.3. The molecule has 0 aliphatic carbocycles. The summed E-state index contributed by atoms with van der Waals surface area (Å²) in [5, 5.41) is 14.7. The van der Waals surface area contributed by atoms with Crippen molar-refractivity contribution in [1.82, 2.24) is 26.1 Å². The first-order valence-corrected chi connectivity index (χ1v) is 10.3. The highest BCUT2D eigenvalue weighted by Gasteiger charge is 1.99. The summed E-state index contributed by atoms with van der Waals surface area (Å²) in [6.07, 6.45) is 12.8. The lowest BCUT2D eigenvalue weighted by molar-refractivity contribution is -0.124. The summed E-state index contributed by atoms with van der Waals surface area (Å²) in [5.41, 5.74) is 6.88. The topological polar surface area (TPSA) is 102 Å². The molecule has 164 valence electrons. The fourth-order valence-electron chi connectivity index (χ4n) is 2.77. The summed E-state index contributed by atoms with van der Waals surface area (Å²) in [6.45, 7) is 3.75. The number of aromatic nitrogens is 2. The third-order valence-corrected chi connectivity index (χ3v) is 4.41. The van der Waals surface area contributed by atoms with E-state index in [1.165, 1.54) is 17.2 Å². The number of amides is 1. The number of nitrogens with one attached hydrogen (secondary N) is 4. The van der Waals surface area contributed by atoms with Gasteiger partial charge < -0.3 is 15.6 Å². The van der Waals surface area contributed by atoms with Gasteiger partial charge in [0.2, 0.25) is 0 Å². The van der Waals surface area contributed by atoms with E-state index in [2.05, 4.69) is 39.7 Å². The molecule has 0 bridgehead atoms. The number of benzene rings is 1. The molecule has 3 rings (SSSR count). The average Bonchev–Trinajstić information content (AvgIpc) is 3.28. The summed E-state index contributed by atoms with van der Waals surface area (Å²) in [4.78, 5) is 18.5. The molecule has 0 spiro atoms. The number of rotatable bonds is 9. The quantitative estimate of drug-likeness (QED) is 0.157. The minimum atomic E-state index is -0.544. The van der Waals surface area contributed by atoms with Crippen LogP contribution in [0.15, 0.2) is 67.1 Å². The number of hydrogen-bond donors (Lipinski definition) is 5. The molecule has 3 aromatic rings. The average molecular weight is 422 g/mol. The molecule has 0 aliphatic heterocycles. The van der Waals surface area contributed by atoms with Crippen molar-refractivity contribution in [3.05, 3.63) is 83.8 Å². The maximum atomic E-state index is 10.9. The summed E-state index contributed by atoms with van der Waals surface area (Å²) in [6, 6.07) is 12.0. The predicted octanol–water partition coefficient (Wildman–Crippen LogP) is 3.54. The lowest BCUT2D eigenvalue weighted by Crippen LogP contribution is -2.16. The molecule has 1 aromatic carbocycles. The molecule has 0 radical (unpaired) electrons. The maximum Gasteiger partial charge on any atom is 0.267 e. The summed E-state index contributed by atoms with van der Waals surface area (Å²) in [7, 11) is 1.90. The van der Waals surface area contributed by atoms with Crippen LogP contribution in [0.2, 0.25) is 0 Å². The summed E-state index contributed by atoms with van der Waals surface area (Å²) >= 11 is 0. The van der Waals surface area contributed by atoms with Crippen molar-refractivity contribution in [3.63, 3.8) is 0 Å². The normalized spacial score (nSPS) is 10.9. The summed E-state index contributed by atoms with van der Waals surface area (Å²) in [5.74, 6) is -0.544. The predicted molar refractivity (Wildman–Crippen MR) is 125 cm³/mol. The van der Waals surface area contributed by atoms with Crippen molar-refractivity contribution >= 4 is 23.0 Å². The Kier molecular flexibility index (Phi) is 10.6. The van der Waals surface area contributed by atoms with Gasteiger partial charge in [0.15, 0.2) is 0 Å². The first kappa shape index (κ1) is 23.9. The zero-order valence-corrected chi connectivity index (χ0v) is 18.1. The Morgan fingerprint density at radius 2 is 2.00 bits per heavy atom. The van der Waals surface area contributed by atoms with E-state index < -0.39 is 5.91 Å². The molecule has 0 atom stereocenters. The zero-order chi connectivity index (χ0) is 22.3. The van der Waals surface area contributed by atoms with Gasteiger partial charge >= 0.3 is 0 Å². The Morgan fingerprint density at radius 3 is 2.68 bits per heavy atom.